The maximum Gasteiger partial charge on any atom is 0.269 e. The minimum atomic E-state index is -0.509. The Morgan fingerprint density at radius 1 is 0.710 bits per heavy atom. The largest absolute Gasteiger partial charge is 0.349 e. The average Bonchev–Trinajstić information content (AvgIpc) is 2.70. The first-order chi connectivity index (χ1) is 14.7. The van der Waals surface area contributed by atoms with Crippen molar-refractivity contribution in [1.29, 1.82) is 0 Å². The van der Waals surface area contributed by atoms with E-state index in [0.717, 1.165) is 25.7 Å². The molecule has 2 amide bonds. The molecule has 0 aliphatic heterocycles. The predicted molar refractivity (Wildman–Crippen MR) is 110 cm³/mol. The molecule has 2 aromatic rings. The van der Waals surface area contributed by atoms with Gasteiger partial charge in [-0.2, -0.15) is 0 Å². The van der Waals surface area contributed by atoms with Crippen LogP contribution in [0.3, 0.4) is 0 Å². The second-order valence-corrected chi connectivity index (χ2v) is 8.27. The number of hydrogen-bond donors (Lipinski definition) is 2. The minimum absolute atomic E-state index is 0.0500. The number of non-ortho nitro benzene ring substituents is 2. The molecule has 0 heterocycles. The maximum absolute atomic E-state index is 12.3. The third-order valence-electron chi connectivity index (χ3n) is 6.07. The summed E-state index contributed by atoms with van der Waals surface area (Å²) in [6, 6.07) is 11.1. The zero-order chi connectivity index (χ0) is 22.2. The highest BCUT2D eigenvalue weighted by Crippen LogP contribution is 2.56. The number of nitrogens with zero attached hydrogens (tertiary/aromatic N) is 2. The molecule has 0 saturated heterocycles. The molecule has 160 valence electrons. The van der Waals surface area contributed by atoms with Crippen LogP contribution in [0.1, 0.15) is 46.4 Å². The molecular formula is C21H20N4O6. The third-order valence-corrected chi connectivity index (χ3v) is 6.07. The number of carbonyl (C=O) groups excluding carboxylic acids is 2. The third kappa shape index (κ3) is 4.23. The van der Waals surface area contributed by atoms with Crippen molar-refractivity contribution in [1.82, 2.24) is 10.6 Å². The summed E-state index contributed by atoms with van der Waals surface area (Å²) in [5, 5.41) is 27.3. The molecule has 2 aromatic carbocycles. The van der Waals surface area contributed by atoms with Crippen LogP contribution in [0, 0.1) is 25.6 Å². The molecule has 0 unspecified atom stereocenters. The SMILES string of the molecule is O=C(NC1CC2(C1)CC(NC(=O)c1ccc([N+](=O)[O-])cc1)C2)c1ccc([N+](=O)[O-])cc1. The summed E-state index contributed by atoms with van der Waals surface area (Å²) >= 11 is 0. The maximum atomic E-state index is 12.3. The van der Waals surface area contributed by atoms with Crippen molar-refractivity contribution in [3.63, 3.8) is 0 Å². The molecular weight excluding hydrogens is 404 g/mol. The van der Waals surface area contributed by atoms with Crippen LogP contribution in [0.15, 0.2) is 48.5 Å². The van der Waals surface area contributed by atoms with E-state index in [9.17, 15) is 29.8 Å². The van der Waals surface area contributed by atoms with Crippen LogP contribution >= 0.6 is 0 Å². The molecule has 10 heteroatoms. The van der Waals surface area contributed by atoms with Crippen LogP contribution in [-0.4, -0.2) is 33.7 Å². The highest BCUT2D eigenvalue weighted by Gasteiger charge is 2.53. The highest BCUT2D eigenvalue weighted by molar-refractivity contribution is 5.95. The van der Waals surface area contributed by atoms with Gasteiger partial charge in [0.15, 0.2) is 0 Å². The van der Waals surface area contributed by atoms with E-state index in [1.165, 1.54) is 48.5 Å². The highest BCUT2D eigenvalue weighted by atomic mass is 16.6. The molecule has 2 aliphatic rings. The van der Waals surface area contributed by atoms with Crippen LogP contribution in [0.25, 0.3) is 0 Å². The Kier molecular flexibility index (Phi) is 5.14. The van der Waals surface area contributed by atoms with Crippen molar-refractivity contribution >= 4 is 23.2 Å². The van der Waals surface area contributed by atoms with Crippen molar-refractivity contribution in [3.8, 4) is 0 Å². The summed E-state index contributed by atoms with van der Waals surface area (Å²) in [5.74, 6) is -0.505. The Morgan fingerprint density at radius 2 is 1.03 bits per heavy atom. The van der Waals surface area contributed by atoms with Gasteiger partial charge in [-0.1, -0.05) is 0 Å². The molecule has 0 bridgehead atoms. The van der Waals surface area contributed by atoms with Gasteiger partial charge in [-0.15, -0.1) is 0 Å². The minimum Gasteiger partial charge on any atom is -0.349 e. The van der Waals surface area contributed by atoms with Gasteiger partial charge in [0, 0.05) is 47.5 Å². The Labute approximate surface area is 176 Å². The number of nitrogens with one attached hydrogen (secondary N) is 2. The summed E-state index contributed by atoms with van der Waals surface area (Å²) in [4.78, 5) is 45.0. The molecule has 0 radical (unpaired) electrons. The fourth-order valence-corrected chi connectivity index (χ4v) is 4.52. The molecule has 0 atom stereocenters. The van der Waals surface area contributed by atoms with Crippen LogP contribution < -0.4 is 10.6 Å². The topological polar surface area (TPSA) is 144 Å². The molecule has 1 spiro atoms. The van der Waals surface area contributed by atoms with Crippen LogP contribution in [0.5, 0.6) is 0 Å². The summed E-state index contributed by atoms with van der Waals surface area (Å²) in [7, 11) is 0. The van der Waals surface area contributed by atoms with E-state index in [4.69, 9.17) is 0 Å². The summed E-state index contributed by atoms with van der Waals surface area (Å²) < 4.78 is 0. The first kappa shape index (κ1) is 20.5. The van der Waals surface area contributed by atoms with Crippen LogP contribution in [0.4, 0.5) is 11.4 Å². The zero-order valence-corrected chi connectivity index (χ0v) is 16.4. The van der Waals surface area contributed by atoms with Gasteiger partial charge in [0.2, 0.25) is 0 Å². The Balaban J connectivity index is 1.21. The van der Waals surface area contributed by atoms with Crippen molar-refractivity contribution in [2.24, 2.45) is 5.41 Å². The standard InChI is InChI=1S/C21H20N4O6/c26-19(13-1-5-17(6-2-13)24(28)29)22-15-9-21(10-15)11-16(12-21)23-20(27)14-3-7-18(8-4-14)25(30)31/h1-8,15-16H,9-12H2,(H,22,26)(H,23,27). The molecule has 2 aliphatic carbocycles. The van der Waals surface area contributed by atoms with Gasteiger partial charge in [-0.3, -0.25) is 29.8 Å². The van der Waals surface area contributed by atoms with Gasteiger partial charge in [0.05, 0.1) is 9.85 Å². The molecule has 10 nitrogen and oxygen atoms in total. The summed E-state index contributed by atoms with van der Waals surface area (Å²) in [6.07, 6.45) is 3.32. The fraction of sp³-hybridized carbons (Fsp3) is 0.333. The quantitative estimate of drug-likeness (QED) is 0.539. The predicted octanol–water partition coefficient (Wildman–Crippen LogP) is 2.97. The van der Waals surface area contributed by atoms with E-state index >= 15 is 0 Å². The van der Waals surface area contributed by atoms with Crippen LogP contribution in [0.2, 0.25) is 0 Å². The lowest BCUT2D eigenvalue weighted by atomic mass is 9.52. The van der Waals surface area contributed by atoms with Gasteiger partial charge >= 0.3 is 0 Å². The number of amides is 2. The molecule has 31 heavy (non-hydrogen) atoms. The monoisotopic (exact) mass is 424 g/mol. The van der Waals surface area contributed by atoms with E-state index in [-0.39, 0.29) is 40.7 Å². The van der Waals surface area contributed by atoms with E-state index < -0.39 is 9.85 Å². The Morgan fingerprint density at radius 3 is 1.32 bits per heavy atom. The van der Waals surface area contributed by atoms with Gasteiger partial charge in [-0.25, -0.2) is 0 Å². The normalized spacial score (nSPS) is 23.9. The van der Waals surface area contributed by atoms with E-state index in [0.29, 0.717) is 11.1 Å². The second kappa shape index (κ2) is 7.78. The lowest BCUT2D eigenvalue weighted by molar-refractivity contribution is -0.385. The number of nitro benzene ring substituents is 2. The van der Waals surface area contributed by atoms with Gasteiger partial charge in [0.25, 0.3) is 23.2 Å². The van der Waals surface area contributed by atoms with E-state index in [1.807, 2.05) is 0 Å². The molecule has 2 fully saturated rings. The summed E-state index contributed by atoms with van der Waals surface area (Å²) in [5.41, 5.74) is 0.772. The summed E-state index contributed by atoms with van der Waals surface area (Å²) in [6.45, 7) is 0. The van der Waals surface area contributed by atoms with E-state index in [2.05, 4.69) is 10.6 Å². The smallest absolute Gasteiger partial charge is 0.269 e. The van der Waals surface area contributed by atoms with Crippen molar-refractivity contribution in [2.45, 2.75) is 37.8 Å². The number of carbonyl (C=O) groups is 2. The average molecular weight is 424 g/mol. The van der Waals surface area contributed by atoms with Crippen molar-refractivity contribution in [2.75, 3.05) is 0 Å². The van der Waals surface area contributed by atoms with Gasteiger partial charge in [0.1, 0.15) is 0 Å². The fourth-order valence-electron chi connectivity index (χ4n) is 4.52. The van der Waals surface area contributed by atoms with Gasteiger partial charge < -0.3 is 10.6 Å². The lowest BCUT2D eigenvalue weighted by Gasteiger charge is -2.57. The Hall–Kier alpha value is -3.82. The number of rotatable bonds is 6. The van der Waals surface area contributed by atoms with E-state index in [1.54, 1.807) is 0 Å². The molecule has 4 rings (SSSR count). The van der Waals surface area contributed by atoms with Crippen LogP contribution in [-0.2, 0) is 0 Å². The molecule has 2 saturated carbocycles. The zero-order valence-electron chi connectivity index (χ0n) is 16.4. The molecule has 0 aromatic heterocycles. The lowest BCUT2D eigenvalue weighted by Crippen LogP contribution is -2.61. The van der Waals surface area contributed by atoms with Crippen molar-refractivity contribution < 1.29 is 19.4 Å². The van der Waals surface area contributed by atoms with Crippen molar-refractivity contribution in [3.05, 3.63) is 79.9 Å². The first-order valence-corrected chi connectivity index (χ1v) is 9.85. The Bertz CT molecular complexity index is 950. The second-order valence-electron chi connectivity index (χ2n) is 8.27. The molecule has 2 N–H and O–H groups in total. The van der Waals surface area contributed by atoms with Gasteiger partial charge in [-0.05, 0) is 55.4 Å². The number of hydrogen-bond acceptors (Lipinski definition) is 6. The first-order valence-electron chi connectivity index (χ1n) is 9.85. The number of nitro groups is 2. The number of benzene rings is 2.